The fourth-order valence-electron chi connectivity index (χ4n) is 2.24. The summed E-state index contributed by atoms with van der Waals surface area (Å²) in [6, 6.07) is 6.00. The molecule has 1 unspecified atom stereocenters. The summed E-state index contributed by atoms with van der Waals surface area (Å²) in [6.45, 7) is 2.24. The van der Waals surface area contributed by atoms with E-state index in [1.807, 2.05) is 18.2 Å². The third-order valence-corrected chi connectivity index (χ3v) is 4.34. The number of nitrogens with one attached hydrogen (secondary N) is 1. The molecule has 4 heteroatoms. The highest BCUT2D eigenvalue weighted by Crippen LogP contribution is 2.29. The molecule has 0 aliphatic heterocycles. The number of hydrazine groups is 1. The molecule has 0 aliphatic rings. The maximum absolute atomic E-state index is 6.05. The first-order valence-corrected chi connectivity index (χ1v) is 8.27. The van der Waals surface area contributed by atoms with Gasteiger partial charge in [-0.2, -0.15) is 0 Å². The molecule has 1 aromatic rings. The van der Waals surface area contributed by atoms with Crippen LogP contribution in [0.25, 0.3) is 0 Å². The van der Waals surface area contributed by atoms with Gasteiger partial charge >= 0.3 is 0 Å². The van der Waals surface area contributed by atoms with Crippen molar-refractivity contribution in [3.8, 4) is 0 Å². The molecule has 108 valence electrons. The van der Waals surface area contributed by atoms with Crippen LogP contribution in [0.1, 0.15) is 63.5 Å². The van der Waals surface area contributed by atoms with E-state index in [2.05, 4.69) is 28.3 Å². The molecule has 0 heterocycles. The Labute approximate surface area is 130 Å². The van der Waals surface area contributed by atoms with E-state index in [4.69, 9.17) is 17.4 Å². The van der Waals surface area contributed by atoms with E-state index < -0.39 is 0 Å². The summed E-state index contributed by atoms with van der Waals surface area (Å²) in [5, 5.41) is 0.751. The van der Waals surface area contributed by atoms with E-state index in [0.29, 0.717) is 0 Å². The Balaban J connectivity index is 2.42. The lowest BCUT2D eigenvalue weighted by atomic mass is 10.00. The van der Waals surface area contributed by atoms with Crippen molar-refractivity contribution in [2.45, 2.75) is 57.9 Å². The van der Waals surface area contributed by atoms with E-state index in [1.54, 1.807) is 0 Å². The maximum Gasteiger partial charge on any atom is 0.0471 e. The van der Waals surface area contributed by atoms with Crippen LogP contribution < -0.4 is 11.3 Å². The summed E-state index contributed by atoms with van der Waals surface area (Å²) in [4.78, 5) is 0. The Kier molecular flexibility index (Phi) is 8.71. The highest BCUT2D eigenvalue weighted by molar-refractivity contribution is 9.10. The lowest BCUT2D eigenvalue weighted by Gasteiger charge is -2.18. The first kappa shape index (κ1) is 17.0. The molecule has 0 radical (unpaired) electrons. The number of nitrogens with two attached hydrogens (primary N) is 1. The Bertz CT molecular complexity index is 371. The number of hydrogen-bond donors (Lipinski definition) is 2. The largest absolute Gasteiger partial charge is 0.271 e. The van der Waals surface area contributed by atoms with Crippen LogP contribution in [0.4, 0.5) is 0 Å². The topological polar surface area (TPSA) is 38.0 Å². The first-order chi connectivity index (χ1) is 9.19. The molecule has 0 spiro atoms. The molecule has 0 saturated heterocycles. The number of unbranched alkanes of at least 4 members (excludes halogenated alkanes) is 5. The van der Waals surface area contributed by atoms with Crippen molar-refractivity contribution in [3.63, 3.8) is 0 Å². The molecule has 0 amide bonds. The predicted octanol–water partition coefficient (Wildman–Crippen LogP) is 5.36. The summed E-state index contributed by atoms with van der Waals surface area (Å²) >= 11 is 9.61. The zero-order valence-electron chi connectivity index (χ0n) is 11.6. The number of hydrogen-bond acceptors (Lipinski definition) is 2. The lowest BCUT2D eigenvalue weighted by Crippen LogP contribution is -2.28. The third-order valence-electron chi connectivity index (χ3n) is 3.38. The van der Waals surface area contributed by atoms with Crippen molar-refractivity contribution in [1.29, 1.82) is 0 Å². The van der Waals surface area contributed by atoms with Gasteiger partial charge in [0.25, 0.3) is 0 Å². The van der Waals surface area contributed by atoms with Gasteiger partial charge in [-0.25, -0.2) is 0 Å². The first-order valence-electron chi connectivity index (χ1n) is 7.10. The molecule has 0 aliphatic carbocycles. The van der Waals surface area contributed by atoms with E-state index in [1.165, 1.54) is 38.5 Å². The fourth-order valence-corrected chi connectivity index (χ4v) is 2.94. The minimum Gasteiger partial charge on any atom is -0.271 e. The molecule has 0 fully saturated rings. The average Bonchev–Trinajstić information content (AvgIpc) is 2.41. The van der Waals surface area contributed by atoms with E-state index in [9.17, 15) is 0 Å². The summed E-state index contributed by atoms with van der Waals surface area (Å²) in [5.74, 6) is 5.67. The van der Waals surface area contributed by atoms with Gasteiger partial charge in [0.2, 0.25) is 0 Å². The van der Waals surface area contributed by atoms with Gasteiger partial charge in [-0.05, 0) is 30.2 Å². The number of rotatable bonds is 9. The monoisotopic (exact) mass is 346 g/mol. The molecule has 0 bridgehead atoms. The molecule has 0 saturated carbocycles. The van der Waals surface area contributed by atoms with Crippen molar-refractivity contribution in [2.75, 3.05) is 0 Å². The summed E-state index contributed by atoms with van der Waals surface area (Å²) in [5.41, 5.74) is 4.04. The van der Waals surface area contributed by atoms with Crippen LogP contribution in [0.5, 0.6) is 0 Å². The van der Waals surface area contributed by atoms with Crippen molar-refractivity contribution in [3.05, 3.63) is 33.3 Å². The van der Waals surface area contributed by atoms with Gasteiger partial charge in [-0.1, -0.05) is 73.0 Å². The highest BCUT2D eigenvalue weighted by Gasteiger charge is 2.13. The number of halogens is 2. The molecular formula is C15H24BrClN2. The summed E-state index contributed by atoms with van der Waals surface area (Å²) in [6.07, 6.45) is 8.82. The van der Waals surface area contributed by atoms with Gasteiger partial charge in [0, 0.05) is 15.5 Å². The quantitative estimate of drug-likeness (QED) is 0.358. The number of benzene rings is 1. The van der Waals surface area contributed by atoms with Gasteiger partial charge in [0.05, 0.1) is 0 Å². The van der Waals surface area contributed by atoms with Gasteiger partial charge in [-0.15, -0.1) is 0 Å². The zero-order chi connectivity index (χ0) is 14.1. The Morgan fingerprint density at radius 3 is 2.58 bits per heavy atom. The van der Waals surface area contributed by atoms with Crippen LogP contribution in [0.2, 0.25) is 5.02 Å². The van der Waals surface area contributed by atoms with Gasteiger partial charge < -0.3 is 0 Å². The van der Waals surface area contributed by atoms with Crippen LogP contribution in [-0.2, 0) is 0 Å². The van der Waals surface area contributed by atoms with E-state index >= 15 is 0 Å². The minimum atomic E-state index is 0.166. The second kappa shape index (κ2) is 9.76. The van der Waals surface area contributed by atoms with Crippen LogP contribution in [0, 0.1) is 0 Å². The Morgan fingerprint density at radius 1 is 1.21 bits per heavy atom. The van der Waals surface area contributed by atoms with Crippen LogP contribution in [0.15, 0.2) is 22.7 Å². The Morgan fingerprint density at radius 2 is 1.89 bits per heavy atom. The van der Waals surface area contributed by atoms with Crippen molar-refractivity contribution in [1.82, 2.24) is 5.43 Å². The summed E-state index contributed by atoms with van der Waals surface area (Å²) in [7, 11) is 0. The standard InChI is InChI=1S/C15H24BrClN2/c1-2-3-4-5-6-7-8-15(19-18)13-11-12(17)9-10-14(13)16/h9-11,15,19H,2-8,18H2,1H3. The maximum atomic E-state index is 6.05. The van der Waals surface area contributed by atoms with Crippen LogP contribution in [-0.4, -0.2) is 0 Å². The average molecular weight is 348 g/mol. The van der Waals surface area contributed by atoms with Crippen molar-refractivity contribution < 1.29 is 0 Å². The molecule has 0 aromatic heterocycles. The Hall–Kier alpha value is -0.0900. The predicted molar refractivity (Wildman–Crippen MR) is 87.2 cm³/mol. The van der Waals surface area contributed by atoms with Gasteiger partial charge in [0.15, 0.2) is 0 Å². The third kappa shape index (κ3) is 6.26. The van der Waals surface area contributed by atoms with E-state index in [-0.39, 0.29) is 6.04 Å². The van der Waals surface area contributed by atoms with E-state index in [0.717, 1.165) is 21.5 Å². The summed E-state index contributed by atoms with van der Waals surface area (Å²) < 4.78 is 1.06. The lowest BCUT2D eigenvalue weighted by molar-refractivity contribution is 0.476. The second-order valence-electron chi connectivity index (χ2n) is 4.94. The SMILES string of the molecule is CCCCCCCCC(NN)c1cc(Cl)ccc1Br. The van der Waals surface area contributed by atoms with Gasteiger partial charge in [0.1, 0.15) is 0 Å². The zero-order valence-corrected chi connectivity index (χ0v) is 13.9. The highest BCUT2D eigenvalue weighted by atomic mass is 79.9. The normalized spacial score (nSPS) is 12.6. The fraction of sp³-hybridized carbons (Fsp3) is 0.600. The molecule has 1 aromatic carbocycles. The molecule has 3 N–H and O–H groups in total. The molecular weight excluding hydrogens is 324 g/mol. The van der Waals surface area contributed by atoms with Crippen LogP contribution in [0.3, 0.4) is 0 Å². The molecule has 1 rings (SSSR count). The molecule has 19 heavy (non-hydrogen) atoms. The second-order valence-corrected chi connectivity index (χ2v) is 6.23. The molecule has 1 atom stereocenters. The van der Waals surface area contributed by atoms with Crippen molar-refractivity contribution >= 4 is 27.5 Å². The van der Waals surface area contributed by atoms with Gasteiger partial charge in [-0.3, -0.25) is 11.3 Å². The smallest absolute Gasteiger partial charge is 0.0471 e. The van der Waals surface area contributed by atoms with Crippen molar-refractivity contribution in [2.24, 2.45) is 5.84 Å². The molecule has 2 nitrogen and oxygen atoms in total. The van der Waals surface area contributed by atoms with Crippen LogP contribution >= 0.6 is 27.5 Å². The minimum absolute atomic E-state index is 0.166.